The van der Waals surface area contributed by atoms with Crippen LogP contribution in [0.1, 0.15) is 13.3 Å². The highest BCUT2D eigenvalue weighted by Gasteiger charge is 1.87. The second kappa shape index (κ2) is 6.09. The molecule has 0 fully saturated rings. The van der Waals surface area contributed by atoms with Gasteiger partial charge in [-0.3, -0.25) is 0 Å². The van der Waals surface area contributed by atoms with Gasteiger partial charge in [0.25, 0.3) is 0 Å². The van der Waals surface area contributed by atoms with Crippen molar-refractivity contribution in [2.45, 2.75) is 13.3 Å². The zero-order valence-electron chi connectivity index (χ0n) is 6.51. The highest BCUT2D eigenvalue weighted by molar-refractivity contribution is 5.34. The number of rotatable bonds is 1. The lowest BCUT2D eigenvalue weighted by Gasteiger charge is -1.77. The summed E-state index contributed by atoms with van der Waals surface area (Å²) in [5.41, 5.74) is 1.25. The van der Waals surface area contributed by atoms with Crippen LogP contribution in [0.4, 0.5) is 0 Å². The lowest BCUT2D eigenvalue weighted by molar-refractivity contribution is 1.44. The van der Waals surface area contributed by atoms with Crippen molar-refractivity contribution in [3.8, 4) is 0 Å². The molecule has 0 heteroatoms. The maximum atomic E-state index is 3.62. The van der Waals surface area contributed by atoms with Crippen LogP contribution >= 0.6 is 0 Å². The van der Waals surface area contributed by atoms with Gasteiger partial charge in [0.1, 0.15) is 0 Å². The van der Waals surface area contributed by atoms with Crippen LogP contribution in [0.3, 0.4) is 0 Å². The van der Waals surface area contributed by atoms with Gasteiger partial charge in [-0.15, -0.1) is 6.58 Å². The molecule has 0 aromatic carbocycles. The SMILES string of the molecule is C=CC.C=CC1=CCC=C1. The summed E-state index contributed by atoms with van der Waals surface area (Å²) >= 11 is 0. The molecule has 0 aliphatic heterocycles. The molecule has 1 aliphatic rings. The smallest absolute Gasteiger partial charge is 0.0157 e. The minimum atomic E-state index is 1.08. The Morgan fingerprint density at radius 3 is 2.30 bits per heavy atom. The van der Waals surface area contributed by atoms with Gasteiger partial charge in [-0.1, -0.05) is 37.0 Å². The molecule has 0 saturated heterocycles. The van der Waals surface area contributed by atoms with E-state index in [9.17, 15) is 0 Å². The third-order valence-electron chi connectivity index (χ3n) is 1.04. The molecule has 10 heavy (non-hydrogen) atoms. The lowest BCUT2D eigenvalue weighted by Crippen LogP contribution is -1.57. The standard InChI is InChI=1S/C7H8.C3H6/c1-2-7-5-3-4-6-7;1-3-2/h2-3,5-6H,1,4H2;3H,1H2,2H3. The van der Waals surface area contributed by atoms with Crippen molar-refractivity contribution in [1.29, 1.82) is 0 Å². The van der Waals surface area contributed by atoms with E-state index in [0.717, 1.165) is 6.42 Å². The third kappa shape index (κ3) is 3.90. The van der Waals surface area contributed by atoms with Crippen LogP contribution in [0.5, 0.6) is 0 Å². The molecule has 0 saturated carbocycles. The predicted molar refractivity (Wildman–Crippen MR) is 47.9 cm³/mol. The first-order valence-corrected chi connectivity index (χ1v) is 3.41. The minimum Gasteiger partial charge on any atom is -0.103 e. The fraction of sp³-hybridized carbons (Fsp3) is 0.200. The predicted octanol–water partition coefficient (Wildman–Crippen LogP) is 3.25. The van der Waals surface area contributed by atoms with Gasteiger partial charge in [0.05, 0.1) is 0 Å². The van der Waals surface area contributed by atoms with Crippen LogP contribution in [0.15, 0.2) is 49.1 Å². The van der Waals surface area contributed by atoms with Crippen molar-refractivity contribution in [2.75, 3.05) is 0 Å². The van der Waals surface area contributed by atoms with E-state index in [0.29, 0.717) is 0 Å². The summed E-state index contributed by atoms with van der Waals surface area (Å²) in [5, 5.41) is 0. The Morgan fingerprint density at radius 2 is 2.10 bits per heavy atom. The van der Waals surface area contributed by atoms with E-state index in [2.05, 4.69) is 31.4 Å². The van der Waals surface area contributed by atoms with Crippen LogP contribution in [-0.2, 0) is 0 Å². The first kappa shape index (κ1) is 8.96. The monoisotopic (exact) mass is 134 g/mol. The minimum absolute atomic E-state index is 1.08. The summed E-state index contributed by atoms with van der Waals surface area (Å²) in [6.45, 7) is 8.87. The maximum Gasteiger partial charge on any atom is -0.0157 e. The molecule has 0 unspecified atom stereocenters. The van der Waals surface area contributed by atoms with Gasteiger partial charge in [0.2, 0.25) is 0 Å². The van der Waals surface area contributed by atoms with Gasteiger partial charge < -0.3 is 0 Å². The molecule has 1 rings (SSSR count). The molecule has 0 spiro atoms. The quantitative estimate of drug-likeness (QED) is 0.483. The number of allylic oxidation sites excluding steroid dienone is 6. The molecule has 0 bridgehead atoms. The molecule has 54 valence electrons. The molecule has 1 aliphatic carbocycles. The van der Waals surface area contributed by atoms with Crippen molar-refractivity contribution in [2.24, 2.45) is 0 Å². The topological polar surface area (TPSA) is 0 Å². The number of hydrogen-bond acceptors (Lipinski definition) is 0. The fourth-order valence-corrected chi connectivity index (χ4v) is 0.628. The van der Waals surface area contributed by atoms with Crippen molar-refractivity contribution in [3.05, 3.63) is 49.1 Å². The van der Waals surface area contributed by atoms with Gasteiger partial charge in [0, 0.05) is 0 Å². The second-order valence-electron chi connectivity index (χ2n) is 1.95. The normalized spacial score (nSPS) is 13.1. The van der Waals surface area contributed by atoms with Crippen LogP contribution in [0, 0.1) is 0 Å². The van der Waals surface area contributed by atoms with Crippen LogP contribution in [-0.4, -0.2) is 0 Å². The molecule has 0 radical (unpaired) electrons. The fourth-order valence-electron chi connectivity index (χ4n) is 0.628. The summed E-state index contributed by atoms with van der Waals surface area (Å²) in [4.78, 5) is 0. The maximum absolute atomic E-state index is 3.62. The number of hydrogen-bond donors (Lipinski definition) is 0. The summed E-state index contributed by atoms with van der Waals surface area (Å²) in [6, 6.07) is 0. The van der Waals surface area contributed by atoms with Gasteiger partial charge >= 0.3 is 0 Å². The Kier molecular flexibility index (Phi) is 5.45. The van der Waals surface area contributed by atoms with Crippen LogP contribution in [0.25, 0.3) is 0 Å². The van der Waals surface area contributed by atoms with E-state index in [4.69, 9.17) is 0 Å². The Hall–Kier alpha value is -1.04. The molecule has 0 heterocycles. The Balaban J connectivity index is 0.000000236. The van der Waals surface area contributed by atoms with E-state index in [1.165, 1.54) is 5.57 Å². The molecule has 0 amide bonds. The summed E-state index contributed by atoms with van der Waals surface area (Å²) < 4.78 is 0. The van der Waals surface area contributed by atoms with Crippen molar-refractivity contribution in [1.82, 2.24) is 0 Å². The molecular weight excluding hydrogens is 120 g/mol. The Bertz CT molecular complexity index is 159. The summed E-state index contributed by atoms with van der Waals surface area (Å²) in [7, 11) is 0. The zero-order valence-corrected chi connectivity index (χ0v) is 6.51. The van der Waals surface area contributed by atoms with Gasteiger partial charge in [-0.05, 0) is 18.9 Å². The van der Waals surface area contributed by atoms with Crippen LogP contribution in [0.2, 0.25) is 0 Å². The molecule has 0 N–H and O–H groups in total. The van der Waals surface area contributed by atoms with Gasteiger partial charge in [-0.25, -0.2) is 0 Å². The van der Waals surface area contributed by atoms with Gasteiger partial charge in [-0.2, -0.15) is 0 Å². The zero-order chi connectivity index (χ0) is 7.82. The molecule has 0 aromatic rings. The average Bonchev–Trinajstić information content (AvgIpc) is 2.39. The van der Waals surface area contributed by atoms with Crippen molar-refractivity contribution >= 4 is 0 Å². The van der Waals surface area contributed by atoms with E-state index >= 15 is 0 Å². The highest BCUT2D eigenvalue weighted by atomic mass is 13.9. The first-order valence-electron chi connectivity index (χ1n) is 3.41. The second-order valence-corrected chi connectivity index (χ2v) is 1.95. The molecule has 0 atom stereocenters. The molecule has 0 nitrogen and oxygen atoms in total. The average molecular weight is 134 g/mol. The van der Waals surface area contributed by atoms with E-state index in [1.807, 2.05) is 13.0 Å². The first-order chi connectivity index (χ1) is 4.85. The summed E-state index contributed by atoms with van der Waals surface area (Å²) in [6.07, 6.45) is 11.0. The van der Waals surface area contributed by atoms with Crippen LogP contribution < -0.4 is 0 Å². The lowest BCUT2D eigenvalue weighted by atomic mass is 10.3. The third-order valence-corrected chi connectivity index (χ3v) is 1.04. The largest absolute Gasteiger partial charge is 0.103 e. The Morgan fingerprint density at radius 1 is 1.50 bits per heavy atom. The summed E-state index contributed by atoms with van der Waals surface area (Å²) in [5.74, 6) is 0. The highest BCUT2D eigenvalue weighted by Crippen LogP contribution is 2.07. The molecular formula is C10H14. The Labute approximate surface area is 63.3 Å². The van der Waals surface area contributed by atoms with Crippen molar-refractivity contribution in [3.63, 3.8) is 0 Å². The van der Waals surface area contributed by atoms with E-state index < -0.39 is 0 Å². The van der Waals surface area contributed by atoms with Gasteiger partial charge in [0.15, 0.2) is 0 Å². The van der Waals surface area contributed by atoms with E-state index in [1.54, 1.807) is 6.08 Å². The van der Waals surface area contributed by atoms with Crippen molar-refractivity contribution < 1.29 is 0 Å². The molecule has 0 aromatic heterocycles. The van der Waals surface area contributed by atoms with E-state index in [-0.39, 0.29) is 0 Å².